The van der Waals surface area contributed by atoms with Gasteiger partial charge >= 0.3 is 11.9 Å². The summed E-state index contributed by atoms with van der Waals surface area (Å²) in [5, 5.41) is 4.21. The summed E-state index contributed by atoms with van der Waals surface area (Å²) in [6.07, 6.45) is 0.779. The van der Waals surface area contributed by atoms with Gasteiger partial charge in [-0.15, -0.1) is 0 Å². The molecule has 0 radical (unpaired) electrons. The van der Waals surface area contributed by atoms with E-state index in [1.165, 1.54) is 14.2 Å². The van der Waals surface area contributed by atoms with E-state index in [1.807, 2.05) is 0 Å². The average Bonchev–Trinajstić information content (AvgIpc) is 2.81. The molecule has 0 aromatic heterocycles. The molecule has 1 aliphatic heterocycles. The van der Waals surface area contributed by atoms with E-state index in [-0.39, 0.29) is 0 Å². The molecule has 10 heteroatoms. The quantitative estimate of drug-likeness (QED) is 0.302. The molecule has 1 aliphatic rings. The number of carbonyl (C=O) groups is 3. The summed E-state index contributed by atoms with van der Waals surface area (Å²) in [4.78, 5) is 34.9. The van der Waals surface area contributed by atoms with Crippen LogP contribution in [0.5, 0.6) is 0 Å². The van der Waals surface area contributed by atoms with Gasteiger partial charge in [0.05, 0.1) is 41.3 Å². The molecule has 0 atom stereocenters. The van der Waals surface area contributed by atoms with Crippen molar-refractivity contribution in [3.8, 4) is 0 Å². The fraction of sp³-hybridized carbons (Fsp3) is 0.208. The van der Waals surface area contributed by atoms with Crippen LogP contribution in [0.15, 0.2) is 67.9 Å². The van der Waals surface area contributed by atoms with Crippen molar-refractivity contribution in [2.24, 2.45) is 0 Å². The molecule has 180 valence electrons. The minimum absolute atomic E-state index is 0.359. The van der Waals surface area contributed by atoms with E-state index in [2.05, 4.69) is 37.2 Å². The van der Waals surface area contributed by atoms with E-state index in [0.29, 0.717) is 42.6 Å². The molecule has 34 heavy (non-hydrogen) atoms. The summed E-state index contributed by atoms with van der Waals surface area (Å²) in [5.74, 6) is -1.63. The van der Waals surface area contributed by atoms with Gasteiger partial charge in [0.1, 0.15) is 6.29 Å². The number of methoxy groups -OCH3 is 2. The first kappa shape index (κ1) is 28.1. The Morgan fingerprint density at radius 3 is 1.76 bits per heavy atom. The monoisotopic (exact) mass is 631 g/mol. The van der Waals surface area contributed by atoms with E-state index in [0.717, 1.165) is 16.3 Å². The number of halogens is 4. The first-order chi connectivity index (χ1) is 16.0. The highest BCUT2D eigenvalue weighted by atomic mass is 79.9. The molecule has 6 nitrogen and oxygen atoms in total. The predicted molar refractivity (Wildman–Crippen MR) is 139 cm³/mol. The Kier molecular flexibility index (Phi) is 10.4. The molecule has 1 N–H and O–H groups in total. The van der Waals surface area contributed by atoms with Crippen LogP contribution >= 0.6 is 55.1 Å². The number of dihydropyridines is 1. The standard InChI is InChI=1S/C17H17BrClNO4.C7H4BrClO/c1-8-13(16(21)23-3)15(10-5-6-12(19)11(18)7-10)14(9(2)20-8)17(22)24-4;8-6-3-5(4-10)1-2-7(6)9/h5-7,15,20H,1-4H3;1-4H. The first-order valence-electron chi connectivity index (χ1n) is 9.76. The number of aldehydes is 1. The van der Waals surface area contributed by atoms with Gasteiger partial charge in [-0.2, -0.15) is 0 Å². The summed E-state index contributed by atoms with van der Waals surface area (Å²) < 4.78 is 11.2. The van der Waals surface area contributed by atoms with Crippen molar-refractivity contribution in [3.63, 3.8) is 0 Å². The molecular weight excluding hydrogens is 613 g/mol. The minimum Gasteiger partial charge on any atom is -0.466 e. The molecule has 0 saturated heterocycles. The summed E-state index contributed by atoms with van der Waals surface area (Å²) in [5.41, 5.74) is 3.32. The van der Waals surface area contributed by atoms with Gasteiger partial charge in [-0.25, -0.2) is 9.59 Å². The lowest BCUT2D eigenvalue weighted by molar-refractivity contribution is -0.137. The average molecular weight is 634 g/mol. The van der Waals surface area contributed by atoms with Crippen LogP contribution in [-0.2, 0) is 19.1 Å². The van der Waals surface area contributed by atoms with Crippen molar-refractivity contribution >= 4 is 73.3 Å². The Hall–Kier alpha value is -2.13. The van der Waals surface area contributed by atoms with Crippen molar-refractivity contribution < 1.29 is 23.9 Å². The smallest absolute Gasteiger partial charge is 0.336 e. The number of allylic oxidation sites excluding steroid dienone is 2. The molecule has 3 rings (SSSR count). The highest BCUT2D eigenvalue weighted by molar-refractivity contribution is 9.10. The Morgan fingerprint density at radius 2 is 1.35 bits per heavy atom. The third-order valence-electron chi connectivity index (χ3n) is 4.93. The second kappa shape index (κ2) is 12.5. The molecule has 2 aromatic carbocycles. The van der Waals surface area contributed by atoms with Crippen LogP contribution in [0.1, 0.15) is 35.7 Å². The molecular formula is C24H21Br2Cl2NO5. The van der Waals surface area contributed by atoms with Gasteiger partial charge in [-0.05, 0) is 75.5 Å². The van der Waals surface area contributed by atoms with Crippen LogP contribution in [0.3, 0.4) is 0 Å². The van der Waals surface area contributed by atoms with E-state index < -0.39 is 17.9 Å². The normalized spacial score (nSPS) is 13.5. The van der Waals surface area contributed by atoms with E-state index in [9.17, 15) is 14.4 Å². The largest absolute Gasteiger partial charge is 0.466 e. The number of carbonyl (C=O) groups excluding carboxylic acids is 3. The van der Waals surface area contributed by atoms with Crippen LogP contribution in [0.2, 0.25) is 10.0 Å². The third kappa shape index (κ3) is 6.50. The van der Waals surface area contributed by atoms with Crippen LogP contribution in [0, 0.1) is 0 Å². The van der Waals surface area contributed by atoms with Gasteiger partial charge in [0.2, 0.25) is 0 Å². The van der Waals surface area contributed by atoms with Crippen molar-refractivity contribution in [1.82, 2.24) is 5.32 Å². The van der Waals surface area contributed by atoms with E-state index >= 15 is 0 Å². The lowest BCUT2D eigenvalue weighted by Gasteiger charge is -2.30. The molecule has 0 amide bonds. The second-order valence-electron chi connectivity index (χ2n) is 7.08. The molecule has 0 aliphatic carbocycles. The SMILES string of the molecule is COC(=O)C1=C(C)NC(C)=C(C(=O)OC)C1c1ccc(Cl)c(Br)c1.O=Cc1ccc(Cl)c(Br)c1. The Bertz CT molecular complexity index is 1160. The molecule has 0 fully saturated rings. The zero-order chi connectivity index (χ0) is 25.6. The van der Waals surface area contributed by atoms with Crippen LogP contribution in [-0.4, -0.2) is 32.4 Å². The number of hydrogen-bond donors (Lipinski definition) is 1. The number of rotatable bonds is 4. The van der Waals surface area contributed by atoms with Gasteiger partial charge in [0.25, 0.3) is 0 Å². The molecule has 0 saturated carbocycles. The topological polar surface area (TPSA) is 81.7 Å². The zero-order valence-corrected chi connectivity index (χ0v) is 23.4. The highest BCUT2D eigenvalue weighted by Gasteiger charge is 2.37. The maximum Gasteiger partial charge on any atom is 0.336 e. The van der Waals surface area contributed by atoms with Gasteiger partial charge in [0, 0.05) is 25.9 Å². The number of ether oxygens (including phenoxy) is 2. The van der Waals surface area contributed by atoms with Gasteiger partial charge in [-0.1, -0.05) is 35.3 Å². The molecule has 0 unspecified atom stereocenters. The summed E-state index contributed by atoms with van der Waals surface area (Å²) >= 11 is 18.3. The number of benzene rings is 2. The lowest BCUT2D eigenvalue weighted by atomic mass is 9.80. The Labute approximate surface area is 224 Å². The first-order valence-corrected chi connectivity index (χ1v) is 12.1. The van der Waals surface area contributed by atoms with Crippen molar-refractivity contribution in [3.05, 3.63) is 89.1 Å². The molecule has 2 aromatic rings. The molecule has 1 heterocycles. The maximum atomic E-state index is 12.3. The highest BCUT2D eigenvalue weighted by Crippen LogP contribution is 2.40. The fourth-order valence-electron chi connectivity index (χ4n) is 3.37. The lowest BCUT2D eigenvalue weighted by Crippen LogP contribution is -2.32. The number of hydrogen-bond acceptors (Lipinski definition) is 6. The fourth-order valence-corrected chi connectivity index (χ4v) is 4.39. The summed E-state index contributed by atoms with van der Waals surface area (Å²) in [6, 6.07) is 10.3. The van der Waals surface area contributed by atoms with E-state index in [4.69, 9.17) is 32.7 Å². The Balaban J connectivity index is 0.000000340. The predicted octanol–water partition coefficient (Wildman–Crippen LogP) is 6.60. The third-order valence-corrected chi connectivity index (χ3v) is 7.36. The minimum atomic E-state index is -0.611. The zero-order valence-electron chi connectivity index (χ0n) is 18.7. The van der Waals surface area contributed by atoms with Crippen molar-refractivity contribution in [2.45, 2.75) is 19.8 Å². The van der Waals surface area contributed by atoms with Gasteiger partial charge < -0.3 is 14.8 Å². The maximum absolute atomic E-state index is 12.3. The number of nitrogens with one attached hydrogen (secondary N) is 1. The van der Waals surface area contributed by atoms with Crippen LogP contribution in [0.25, 0.3) is 0 Å². The van der Waals surface area contributed by atoms with Crippen molar-refractivity contribution in [2.75, 3.05) is 14.2 Å². The molecule has 0 spiro atoms. The Morgan fingerprint density at radius 1 is 0.882 bits per heavy atom. The van der Waals surface area contributed by atoms with Crippen molar-refractivity contribution in [1.29, 1.82) is 0 Å². The van der Waals surface area contributed by atoms with E-state index in [1.54, 1.807) is 50.2 Å². The number of esters is 2. The van der Waals surface area contributed by atoms with Gasteiger partial charge in [-0.3, -0.25) is 4.79 Å². The van der Waals surface area contributed by atoms with Crippen LogP contribution in [0.4, 0.5) is 0 Å². The molecule has 0 bridgehead atoms. The van der Waals surface area contributed by atoms with Gasteiger partial charge in [0.15, 0.2) is 0 Å². The summed E-state index contributed by atoms with van der Waals surface area (Å²) in [7, 11) is 2.61. The summed E-state index contributed by atoms with van der Waals surface area (Å²) in [6.45, 7) is 3.53. The van der Waals surface area contributed by atoms with Crippen LogP contribution < -0.4 is 5.32 Å². The second-order valence-corrected chi connectivity index (χ2v) is 9.61.